The van der Waals surface area contributed by atoms with Crippen LogP contribution >= 0.6 is 0 Å². The van der Waals surface area contributed by atoms with Gasteiger partial charge in [0.2, 0.25) is 0 Å². The van der Waals surface area contributed by atoms with Crippen molar-refractivity contribution >= 4 is 13.3 Å². The van der Waals surface area contributed by atoms with Crippen molar-refractivity contribution in [3.8, 4) is 5.75 Å². The van der Waals surface area contributed by atoms with Crippen LogP contribution in [0.1, 0.15) is 11.1 Å². The summed E-state index contributed by atoms with van der Waals surface area (Å²) in [6, 6.07) is 13.2. The van der Waals surface area contributed by atoms with E-state index >= 15 is 0 Å². The van der Waals surface area contributed by atoms with Crippen molar-refractivity contribution in [2.45, 2.75) is 33.2 Å². The fourth-order valence-electron chi connectivity index (χ4n) is 1.99. The summed E-state index contributed by atoms with van der Waals surface area (Å²) >= 11 is 0. The lowest BCUT2D eigenvalue weighted by atomic mass is 10.2. The van der Waals surface area contributed by atoms with Crippen LogP contribution in [-0.2, 0) is 6.61 Å². The molecule has 0 aliphatic carbocycles. The van der Waals surface area contributed by atoms with Crippen LogP contribution in [0.2, 0.25) is 19.6 Å². The number of ether oxygens (including phenoxy) is 1. The zero-order chi connectivity index (χ0) is 14.8. The molecule has 0 aromatic heterocycles. The summed E-state index contributed by atoms with van der Waals surface area (Å²) in [6.45, 7) is 9.37. The molecular formula is C17H21FOSi. The molecule has 3 heteroatoms. The first kappa shape index (κ1) is 14.8. The molecule has 0 saturated carbocycles. The van der Waals surface area contributed by atoms with E-state index in [9.17, 15) is 4.39 Å². The van der Waals surface area contributed by atoms with E-state index in [0.717, 1.165) is 11.1 Å². The second kappa shape index (κ2) is 5.79. The topological polar surface area (TPSA) is 9.23 Å². The summed E-state index contributed by atoms with van der Waals surface area (Å²) in [6.07, 6.45) is 0. The van der Waals surface area contributed by atoms with Gasteiger partial charge in [-0.3, -0.25) is 0 Å². The highest BCUT2D eigenvalue weighted by molar-refractivity contribution is 6.88. The molecule has 0 saturated heterocycles. The molecule has 0 fully saturated rings. The van der Waals surface area contributed by atoms with Gasteiger partial charge >= 0.3 is 0 Å². The van der Waals surface area contributed by atoms with E-state index in [1.54, 1.807) is 6.07 Å². The van der Waals surface area contributed by atoms with Crippen LogP contribution in [0.4, 0.5) is 4.39 Å². The second-order valence-corrected chi connectivity index (χ2v) is 11.2. The van der Waals surface area contributed by atoms with Gasteiger partial charge in [-0.1, -0.05) is 55.2 Å². The zero-order valence-corrected chi connectivity index (χ0v) is 13.5. The molecule has 0 heterocycles. The largest absolute Gasteiger partial charge is 0.489 e. The van der Waals surface area contributed by atoms with E-state index in [1.807, 2.05) is 6.92 Å². The lowest BCUT2D eigenvalue weighted by Gasteiger charge is -2.17. The average Bonchev–Trinajstić information content (AvgIpc) is 2.39. The van der Waals surface area contributed by atoms with Gasteiger partial charge in [-0.2, -0.15) is 0 Å². The fraction of sp³-hybridized carbons (Fsp3) is 0.294. The minimum Gasteiger partial charge on any atom is -0.489 e. The van der Waals surface area contributed by atoms with Crippen molar-refractivity contribution in [2.24, 2.45) is 0 Å². The van der Waals surface area contributed by atoms with E-state index in [0.29, 0.717) is 12.4 Å². The third kappa shape index (κ3) is 3.70. The molecule has 0 bridgehead atoms. The maximum absolute atomic E-state index is 13.2. The second-order valence-electron chi connectivity index (χ2n) is 6.15. The Balaban J connectivity index is 2.06. The van der Waals surface area contributed by atoms with Gasteiger partial charge in [0.15, 0.2) is 0 Å². The highest BCUT2D eigenvalue weighted by Gasteiger charge is 2.15. The lowest BCUT2D eigenvalue weighted by Crippen LogP contribution is -2.37. The van der Waals surface area contributed by atoms with Gasteiger partial charge in [0.1, 0.15) is 18.2 Å². The van der Waals surface area contributed by atoms with Crippen molar-refractivity contribution in [3.05, 3.63) is 59.4 Å². The first-order valence-electron chi connectivity index (χ1n) is 6.84. The van der Waals surface area contributed by atoms with Gasteiger partial charge < -0.3 is 4.74 Å². The normalized spacial score (nSPS) is 11.4. The highest BCUT2D eigenvalue weighted by Crippen LogP contribution is 2.20. The first-order chi connectivity index (χ1) is 9.36. The van der Waals surface area contributed by atoms with Crippen molar-refractivity contribution in [2.75, 3.05) is 0 Å². The van der Waals surface area contributed by atoms with E-state index in [-0.39, 0.29) is 5.82 Å². The maximum Gasteiger partial charge on any atom is 0.126 e. The molecular weight excluding hydrogens is 267 g/mol. The molecule has 0 N–H and O–H groups in total. The van der Waals surface area contributed by atoms with Gasteiger partial charge in [-0.05, 0) is 24.1 Å². The van der Waals surface area contributed by atoms with E-state index < -0.39 is 8.07 Å². The Hall–Kier alpha value is -1.61. The van der Waals surface area contributed by atoms with Crippen molar-refractivity contribution in [1.29, 1.82) is 0 Å². The smallest absolute Gasteiger partial charge is 0.126 e. The number of hydrogen-bond donors (Lipinski definition) is 0. The standard InChI is InChI=1S/C17H21FOSi/c1-13-5-8-15(18)11-17(13)19-12-14-6-9-16(10-7-14)20(2,3)4/h5-11H,12H2,1-4H3. The molecule has 0 spiro atoms. The Morgan fingerprint density at radius 3 is 2.25 bits per heavy atom. The Kier molecular flexibility index (Phi) is 4.28. The number of rotatable bonds is 4. The molecule has 20 heavy (non-hydrogen) atoms. The fourth-order valence-corrected chi connectivity index (χ4v) is 3.16. The van der Waals surface area contributed by atoms with Gasteiger partial charge in [-0.25, -0.2) is 4.39 Å². The summed E-state index contributed by atoms with van der Waals surface area (Å²) in [5.41, 5.74) is 2.06. The first-order valence-corrected chi connectivity index (χ1v) is 10.3. The van der Waals surface area contributed by atoms with Crippen molar-refractivity contribution in [1.82, 2.24) is 0 Å². The molecule has 0 unspecified atom stereocenters. The minimum atomic E-state index is -1.25. The van der Waals surface area contributed by atoms with Crippen LogP contribution in [0.25, 0.3) is 0 Å². The Bertz CT molecular complexity index is 585. The summed E-state index contributed by atoms with van der Waals surface area (Å²) < 4.78 is 18.9. The molecule has 0 aliphatic heterocycles. The predicted octanol–water partition coefficient (Wildman–Crippen LogP) is 4.26. The quantitative estimate of drug-likeness (QED) is 0.764. The average molecular weight is 288 g/mol. The van der Waals surface area contributed by atoms with Gasteiger partial charge in [0.25, 0.3) is 0 Å². The molecule has 0 amide bonds. The summed E-state index contributed by atoms with van der Waals surface area (Å²) in [5.74, 6) is 0.346. The molecule has 2 rings (SSSR count). The number of benzene rings is 2. The Morgan fingerprint density at radius 2 is 1.65 bits per heavy atom. The van der Waals surface area contributed by atoms with Crippen molar-refractivity contribution in [3.63, 3.8) is 0 Å². The molecule has 0 aliphatic rings. The van der Waals surface area contributed by atoms with Crippen LogP contribution in [0, 0.1) is 12.7 Å². The third-order valence-corrected chi connectivity index (χ3v) is 5.43. The van der Waals surface area contributed by atoms with E-state index in [4.69, 9.17) is 4.74 Å². The van der Waals surface area contributed by atoms with Crippen LogP contribution in [0.15, 0.2) is 42.5 Å². The van der Waals surface area contributed by atoms with Crippen LogP contribution < -0.4 is 9.92 Å². The number of hydrogen-bond acceptors (Lipinski definition) is 1. The van der Waals surface area contributed by atoms with E-state index in [2.05, 4.69) is 43.9 Å². The number of aryl methyl sites for hydroxylation is 1. The van der Waals surface area contributed by atoms with Crippen molar-refractivity contribution < 1.29 is 9.13 Å². The zero-order valence-electron chi connectivity index (χ0n) is 12.5. The van der Waals surface area contributed by atoms with Gasteiger partial charge in [0.05, 0.1) is 8.07 Å². The molecule has 1 nitrogen and oxygen atoms in total. The Morgan fingerprint density at radius 1 is 1.00 bits per heavy atom. The van der Waals surface area contributed by atoms with Crippen LogP contribution in [-0.4, -0.2) is 8.07 Å². The Labute approximate surface area is 121 Å². The molecule has 106 valence electrons. The predicted molar refractivity (Wildman–Crippen MR) is 84.9 cm³/mol. The molecule has 2 aromatic rings. The molecule has 0 atom stereocenters. The van der Waals surface area contributed by atoms with Crippen LogP contribution in [0.3, 0.4) is 0 Å². The third-order valence-electron chi connectivity index (χ3n) is 3.36. The number of halogens is 1. The van der Waals surface area contributed by atoms with E-state index in [1.165, 1.54) is 17.3 Å². The molecule has 2 aromatic carbocycles. The summed E-state index contributed by atoms with van der Waals surface area (Å²) in [5, 5.41) is 1.43. The SMILES string of the molecule is Cc1ccc(F)cc1OCc1ccc([Si](C)(C)C)cc1. The van der Waals surface area contributed by atoms with Crippen LogP contribution in [0.5, 0.6) is 5.75 Å². The van der Waals surface area contributed by atoms with Gasteiger partial charge in [0, 0.05) is 6.07 Å². The van der Waals surface area contributed by atoms with Gasteiger partial charge in [-0.15, -0.1) is 0 Å². The summed E-state index contributed by atoms with van der Waals surface area (Å²) in [4.78, 5) is 0. The monoisotopic (exact) mass is 288 g/mol. The highest BCUT2D eigenvalue weighted by atomic mass is 28.3. The lowest BCUT2D eigenvalue weighted by molar-refractivity contribution is 0.302. The maximum atomic E-state index is 13.2. The molecule has 0 radical (unpaired) electrons. The minimum absolute atomic E-state index is 0.264. The summed E-state index contributed by atoms with van der Waals surface area (Å²) in [7, 11) is -1.25.